The van der Waals surface area contributed by atoms with Crippen LogP contribution < -0.4 is 5.32 Å². The van der Waals surface area contributed by atoms with Crippen LogP contribution >= 0.6 is 11.3 Å². The zero-order valence-electron chi connectivity index (χ0n) is 8.46. The molecule has 0 bridgehead atoms. The molecule has 0 aliphatic heterocycles. The molecule has 0 radical (unpaired) electrons. The van der Waals surface area contributed by atoms with Crippen molar-refractivity contribution in [3.63, 3.8) is 0 Å². The van der Waals surface area contributed by atoms with Crippen molar-refractivity contribution >= 4 is 11.3 Å². The highest BCUT2D eigenvalue weighted by atomic mass is 32.1. The van der Waals surface area contributed by atoms with Gasteiger partial charge in [0.1, 0.15) is 0 Å². The molecule has 1 nitrogen and oxygen atoms in total. The van der Waals surface area contributed by atoms with Gasteiger partial charge in [0.2, 0.25) is 0 Å². The second-order valence-electron chi connectivity index (χ2n) is 3.29. The van der Waals surface area contributed by atoms with E-state index in [0.29, 0.717) is 0 Å². The molecule has 0 fully saturated rings. The van der Waals surface area contributed by atoms with E-state index in [9.17, 15) is 0 Å². The number of thiophene rings is 1. The standard InChI is InChI=1S/C12H17NS/c1-2-3-4-5-8-13-9-6-12-7-10-14-11-12/h1,7,10-11,13H,3-6,8-9H2. The molecule has 1 aromatic heterocycles. The highest BCUT2D eigenvalue weighted by Gasteiger charge is 1.92. The SMILES string of the molecule is C#CCCCCNCCc1ccsc1. The Hall–Kier alpha value is -0.780. The number of hydrogen-bond acceptors (Lipinski definition) is 2. The molecule has 1 rings (SSSR count). The molecule has 0 atom stereocenters. The van der Waals surface area contributed by atoms with Crippen LogP contribution in [0.1, 0.15) is 24.8 Å². The number of rotatable bonds is 7. The second-order valence-corrected chi connectivity index (χ2v) is 4.07. The normalized spacial score (nSPS) is 9.93. The fourth-order valence-corrected chi connectivity index (χ4v) is 1.97. The van der Waals surface area contributed by atoms with Crippen LogP contribution in [0.15, 0.2) is 16.8 Å². The third kappa shape index (κ3) is 5.06. The molecule has 0 saturated heterocycles. The van der Waals surface area contributed by atoms with Gasteiger partial charge in [-0.05, 0) is 54.7 Å². The molecule has 0 saturated carbocycles. The fourth-order valence-electron chi connectivity index (χ4n) is 1.27. The third-order valence-corrected chi connectivity index (χ3v) is 2.83. The number of nitrogens with one attached hydrogen (secondary N) is 1. The van der Waals surface area contributed by atoms with Crippen LogP contribution in [0.2, 0.25) is 0 Å². The molecule has 0 aliphatic rings. The first-order chi connectivity index (χ1) is 6.93. The van der Waals surface area contributed by atoms with E-state index in [0.717, 1.165) is 32.4 Å². The lowest BCUT2D eigenvalue weighted by Gasteiger charge is -2.02. The summed E-state index contributed by atoms with van der Waals surface area (Å²) in [7, 11) is 0. The van der Waals surface area contributed by atoms with Crippen molar-refractivity contribution in [1.29, 1.82) is 0 Å². The summed E-state index contributed by atoms with van der Waals surface area (Å²) in [5, 5.41) is 7.75. The molecule has 0 amide bonds. The Morgan fingerprint density at radius 2 is 2.29 bits per heavy atom. The summed E-state index contributed by atoms with van der Waals surface area (Å²) in [4.78, 5) is 0. The van der Waals surface area contributed by atoms with Gasteiger partial charge in [-0.3, -0.25) is 0 Å². The average Bonchev–Trinajstić information content (AvgIpc) is 2.69. The maximum atomic E-state index is 5.16. The fraction of sp³-hybridized carbons (Fsp3) is 0.500. The topological polar surface area (TPSA) is 12.0 Å². The van der Waals surface area contributed by atoms with Gasteiger partial charge in [0.15, 0.2) is 0 Å². The third-order valence-electron chi connectivity index (χ3n) is 2.10. The molecule has 0 spiro atoms. The Kier molecular flexibility index (Phi) is 6.14. The van der Waals surface area contributed by atoms with E-state index < -0.39 is 0 Å². The Morgan fingerprint density at radius 1 is 1.36 bits per heavy atom. The summed E-state index contributed by atoms with van der Waals surface area (Å²) in [6, 6.07) is 2.19. The zero-order valence-corrected chi connectivity index (χ0v) is 9.28. The van der Waals surface area contributed by atoms with Crippen molar-refractivity contribution in [2.24, 2.45) is 0 Å². The predicted molar refractivity (Wildman–Crippen MR) is 63.6 cm³/mol. The predicted octanol–water partition coefficient (Wildman–Crippen LogP) is 2.68. The molecule has 0 aliphatic carbocycles. The first-order valence-electron chi connectivity index (χ1n) is 5.08. The lowest BCUT2D eigenvalue weighted by Crippen LogP contribution is -2.18. The largest absolute Gasteiger partial charge is 0.316 e. The highest BCUT2D eigenvalue weighted by molar-refractivity contribution is 7.07. The molecule has 0 unspecified atom stereocenters. The summed E-state index contributed by atoms with van der Waals surface area (Å²) in [5.74, 6) is 2.65. The summed E-state index contributed by atoms with van der Waals surface area (Å²) < 4.78 is 0. The lowest BCUT2D eigenvalue weighted by molar-refractivity contribution is 0.629. The summed E-state index contributed by atoms with van der Waals surface area (Å²) in [5.41, 5.74) is 1.44. The zero-order chi connectivity index (χ0) is 10.1. The Morgan fingerprint density at radius 3 is 3.00 bits per heavy atom. The molecule has 1 aromatic rings. The van der Waals surface area contributed by atoms with E-state index in [4.69, 9.17) is 6.42 Å². The summed E-state index contributed by atoms with van der Waals surface area (Å²) in [6.45, 7) is 2.17. The van der Waals surface area contributed by atoms with Gasteiger partial charge in [-0.15, -0.1) is 12.3 Å². The van der Waals surface area contributed by atoms with Gasteiger partial charge in [-0.2, -0.15) is 11.3 Å². The first kappa shape index (κ1) is 11.3. The van der Waals surface area contributed by atoms with E-state index >= 15 is 0 Å². The van der Waals surface area contributed by atoms with E-state index in [1.165, 1.54) is 12.0 Å². The van der Waals surface area contributed by atoms with Crippen LogP contribution in [0.5, 0.6) is 0 Å². The Bertz CT molecular complexity index is 258. The van der Waals surface area contributed by atoms with E-state index in [1.807, 2.05) is 0 Å². The Balaban J connectivity index is 1.88. The van der Waals surface area contributed by atoms with Crippen molar-refractivity contribution in [2.75, 3.05) is 13.1 Å². The van der Waals surface area contributed by atoms with Crippen LogP contribution in [0, 0.1) is 12.3 Å². The number of hydrogen-bond donors (Lipinski definition) is 1. The minimum atomic E-state index is 0.909. The maximum Gasteiger partial charge on any atom is 0.00865 e. The van der Waals surface area contributed by atoms with Crippen molar-refractivity contribution in [2.45, 2.75) is 25.7 Å². The minimum absolute atomic E-state index is 0.909. The first-order valence-corrected chi connectivity index (χ1v) is 6.03. The van der Waals surface area contributed by atoms with Gasteiger partial charge in [-0.1, -0.05) is 0 Å². The maximum absolute atomic E-state index is 5.16. The summed E-state index contributed by atoms with van der Waals surface area (Å²) in [6.07, 6.45) is 9.54. The van der Waals surface area contributed by atoms with Gasteiger partial charge in [0.05, 0.1) is 0 Å². The van der Waals surface area contributed by atoms with Crippen LogP contribution in [-0.2, 0) is 6.42 Å². The van der Waals surface area contributed by atoms with E-state index in [-0.39, 0.29) is 0 Å². The minimum Gasteiger partial charge on any atom is -0.316 e. The van der Waals surface area contributed by atoms with Gasteiger partial charge in [0, 0.05) is 6.42 Å². The van der Waals surface area contributed by atoms with Gasteiger partial charge < -0.3 is 5.32 Å². The van der Waals surface area contributed by atoms with Crippen LogP contribution in [0.4, 0.5) is 0 Å². The smallest absolute Gasteiger partial charge is 0.00865 e. The van der Waals surface area contributed by atoms with Gasteiger partial charge in [0.25, 0.3) is 0 Å². The molecule has 2 heteroatoms. The summed E-state index contributed by atoms with van der Waals surface area (Å²) >= 11 is 1.76. The van der Waals surface area contributed by atoms with Crippen LogP contribution in [0.3, 0.4) is 0 Å². The molecule has 14 heavy (non-hydrogen) atoms. The monoisotopic (exact) mass is 207 g/mol. The molecule has 76 valence electrons. The van der Waals surface area contributed by atoms with Crippen LogP contribution in [0.25, 0.3) is 0 Å². The van der Waals surface area contributed by atoms with Crippen LogP contribution in [-0.4, -0.2) is 13.1 Å². The molecular formula is C12H17NS. The van der Waals surface area contributed by atoms with Crippen molar-refractivity contribution in [1.82, 2.24) is 5.32 Å². The Labute approximate surface area is 90.5 Å². The van der Waals surface area contributed by atoms with Gasteiger partial charge in [-0.25, -0.2) is 0 Å². The van der Waals surface area contributed by atoms with Crippen molar-refractivity contribution in [3.05, 3.63) is 22.4 Å². The van der Waals surface area contributed by atoms with Gasteiger partial charge >= 0.3 is 0 Å². The van der Waals surface area contributed by atoms with Crippen molar-refractivity contribution < 1.29 is 0 Å². The molecule has 1 heterocycles. The second kappa shape index (κ2) is 7.61. The van der Waals surface area contributed by atoms with E-state index in [1.54, 1.807) is 11.3 Å². The molecular weight excluding hydrogens is 190 g/mol. The molecule has 0 aromatic carbocycles. The highest BCUT2D eigenvalue weighted by Crippen LogP contribution is 2.05. The number of terminal acetylenes is 1. The average molecular weight is 207 g/mol. The van der Waals surface area contributed by atoms with E-state index in [2.05, 4.69) is 28.1 Å². The lowest BCUT2D eigenvalue weighted by atomic mass is 10.2. The quantitative estimate of drug-likeness (QED) is 0.535. The van der Waals surface area contributed by atoms with Crippen molar-refractivity contribution in [3.8, 4) is 12.3 Å². The molecule has 1 N–H and O–H groups in total. The number of unbranched alkanes of at least 4 members (excludes halogenated alkanes) is 2.